The van der Waals surface area contributed by atoms with Gasteiger partial charge in [0.1, 0.15) is 0 Å². The van der Waals surface area contributed by atoms with Gasteiger partial charge < -0.3 is 10.4 Å². The van der Waals surface area contributed by atoms with E-state index in [0.29, 0.717) is 20.6 Å². The maximum absolute atomic E-state index is 12.6. The largest absolute Gasteiger partial charge is 0.478 e. The third kappa shape index (κ3) is 4.06. The van der Waals surface area contributed by atoms with Gasteiger partial charge in [-0.05, 0) is 29.7 Å². The van der Waals surface area contributed by atoms with Crippen LogP contribution in [0, 0.1) is 0 Å². The zero-order valence-electron chi connectivity index (χ0n) is 13.6. The summed E-state index contributed by atoms with van der Waals surface area (Å²) in [6.07, 6.45) is -5.01. The topological polar surface area (TPSA) is 66.4 Å². The lowest BCUT2D eigenvalue weighted by Crippen LogP contribution is -2.30. The van der Waals surface area contributed by atoms with Gasteiger partial charge in [-0.2, -0.15) is 13.2 Å². The summed E-state index contributed by atoms with van der Waals surface area (Å²) < 4.78 is 37.9. The molecule has 2 N–H and O–H groups in total. The van der Waals surface area contributed by atoms with Gasteiger partial charge >= 0.3 is 18.1 Å². The maximum Gasteiger partial charge on any atom is 0.471 e. The maximum atomic E-state index is 12.6. The number of aromatic carboxylic acids is 1. The SMILES string of the molecule is O=C(O)c1ccccc1Sc1cccc2cccc(NC(=O)C(F)(F)F)c12. The van der Waals surface area contributed by atoms with Crippen molar-refractivity contribution >= 4 is 40.1 Å². The number of carboxylic acids is 1. The van der Waals surface area contributed by atoms with Crippen molar-refractivity contribution in [3.63, 3.8) is 0 Å². The Hall–Kier alpha value is -3.00. The van der Waals surface area contributed by atoms with E-state index in [1.54, 1.807) is 42.5 Å². The van der Waals surface area contributed by atoms with E-state index in [4.69, 9.17) is 0 Å². The molecular formula is C19H12F3NO3S. The van der Waals surface area contributed by atoms with Crippen LogP contribution in [-0.2, 0) is 4.79 Å². The first-order valence-electron chi connectivity index (χ1n) is 7.67. The molecule has 4 nitrogen and oxygen atoms in total. The first-order chi connectivity index (χ1) is 12.8. The van der Waals surface area contributed by atoms with Crippen LogP contribution in [0.4, 0.5) is 18.9 Å². The van der Waals surface area contributed by atoms with E-state index in [9.17, 15) is 27.9 Å². The molecule has 0 aromatic heterocycles. The fourth-order valence-corrected chi connectivity index (χ4v) is 3.67. The van der Waals surface area contributed by atoms with Gasteiger partial charge in [0.2, 0.25) is 0 Å². The molecule has 0 fully saturated rings. The molecule has 1 amide bonds. The summed E-state index contributed by atoms with van der Waals surface area (Å²) in [5.41, 5.74) is 0.0852. The summed E-state index contributed by atoms with van der Waals surface area (Å²) in [4.78, 5) is 23.7. The van der Waals surface area contributed by atoms with Crippen molar-refractivity contribution in [2.75, 3.05) is 5.32 Å². The van der Waals surface area contributed by atoms with Gasteiger partial charge in [-0.15, -0.1) is 0 Å². The molecule has 8 heteroatoms. The number of carbonyl (C=O) groups is 2. The lowest BCUT2D eigenvalue weighted by Gasteiger charge is -2.14. The first kappa shape index (κ1) is 18.8. The fourth-order valence-electron chi connectivity index (χ4n) is 2.54. The molecular weight excluding hydrogens is 379 g/mol. The summed E-state index contributed by atoms with van der Waals surface area (Å²) in [6, 6.07) is 16.0. The second kappa shape index (κ2) is 7.32. The molecule has 0 bridgehead atoms. The highest BCUT2D eigenvalue weighted by atomic mass is 32.2. The molecule has 0 radical (unpaired) electrons. The molecule has 0 heterocycles. The van der Waals surface area contributed by atoms with E-state index < -0.39 is 18.1 Å². The van der Waals surface area contributed by atoms with Gasteiger partial charge in [0, 0.05) is 15.2 Å². The standard InChI is InChI=1S/C19H12F3NO3S/c20-19(21,22)18(26)23-13-8-3-5-11-6-4-10-15(16(11)13)27-14-9-2-1-7-12(14)17(24)25/h1-10H,(H,23,26)(H,24,25). The molecule has 0 aliphatic carbocycles. The van der Waals surface area contributed by atoms with Crippen LogP contribution in [0.15, 0.2) is 70.5 Å². The Morgan fingerprint density at radius 2 is 1.52 bits per heavy atom. The summed E-state index contributed by atoms with van der Waals surface area (Å²) in [7, 11) is 0. The average molecular weight is 391 g/mol. The van der Waals surface area contributed by atoms with Crippen molar-refractivity contribution < 1.29 is 27.9 Å². The predicted molar refractivity (Wildman–Crippen MR) is 96.2 cm³/mol. The van der Waals surface area contributed by atoms with E-state index in [1.807, 2.05) is 5.32 Å². The molecule has 0 atom stereocenters. The number of anilines is 1. The number of fused-ring (bicyclic) bond motifs is 1. The molecule has 0 unspecified atom stereocenters. The van der Waals surface area contributed by atoms with E-state index in [1.165, 1.54) is 18.2 Å². The molecule has 138 valence electrons. The van der Waals surface area contributed by atoms with Gasteiger partial charge in [0.15, 0.2) is 0 Å². The Kier molecular flexibility index (Phi) is 5.09. The number of benzene rings is 3. The van der Waals surface area contributed by atoms with Crippen molar-refractivity contribution in [3.05, 3.63) is 66.2 Å². The van der Waals surface area contributed by atoms with Crippen molar-refractivity contribution in [2.24, 2.45) is 0 Å². The fraction of sp³-hybridized carbons (Fsp3) is 0.0526. The van der Waals surface area contributed by atoms with Gasteiger partial charge in [0.25, 0.3) is 0 Å². The minimum atomic E-state index is -5.01. The van der Waals surface area contributed by atoms with Gasteiger partial charge in [-0.3, -0.25) is 4.79 Å². The molecule has 0 saturated heterocycles. The zero-order chi connectivity index (χ0) is 19.6. The quantitative estimate of drug-likeness (QED) is 0.642. The minimum absolute atomic E-state index is 0.00531. The van der Waals surface area contributed by atoms with Crippen LogP contribution >= 0.6 is 11.8 Å². The number of alkyl halides is 3. The number of nitrogens with one attached hydrogen (secondary N) is 1. The monoisotopic (exact) mass is 391 g/mol. The van der Waals surface area contributed by atoms with Crippen molar-refractivity contribution in [1.82, 2.24) is 0 Å². The molecule has 27 heavy (non-hydrogen) atoms. The second-order valence-electron chi connectivity index (χ2n) is 5.52. The van der Waals surface area contributed by atoms with Crippen molar-refractivity contribution in [2.45, 2.75) is 16.0 Å². The number of carbonyl (C=O) groups excluding carboxylic acids is 1. The van der Waals surface area contributed by atoms with Gasteiger partial charge in [0.05, 0.1) is 11.3 Å². The summed E-state index contributed by atoms with van der Waals surface area (Å²) in [6.45, 7) is 0. The molecule has 3 rings (SSSR count). The highest BCUT2D eigenvalue weighted by Gasteiger charge is 2.39. The molecule has 3 aromatic carbocycles. The zero-order valence-corrected chi connectivity index (χ0v) is 14.4. The highest BCUT2D eigenvalue weighted by molar-refractivity contribution is 7.99. The van der Waals surface area contributed by atoms with Gasteiger partial charge in [-0.25, -0.2) is 4.79 Å². The number of hydrogen-bond acceptors (Lipinski definition) is 3. The Labute approximate surface area is 156 Å². The third-order valence-electron chi connectivity index (χ3n) is 3.71. The molecule has 0 saturated carbocycles. The number of halogens is 3. The smallest absolute Gasteiger partial charge is 0.471 e. The predicted octanol–water partition coefficient (Wildman–Crippen LogP) is 5.19. The first-order valence-corrected chi connectivity index (χ1v) is 8.49. The normalized spacial score (nSPS) is 11.4. The lowest BCUT2D eigenvalue weighted by molar-refractivity contribution is -0.167. The minimum Gasteiger partial charge on any atom is -0.478 e. The van der Waals surface area contributed by atoms with Gasteiger partial charge in [-0.1, -0.05) is 48.2 Å². The van der Waals surface area contributed by atoms with Crippen molar-refractivity contribution in [3.8, 4) is 0 Å². The van der Waals surface area contributed by atoms with Crippen LogP contribution in [-0.4, -0.2) is 23.2 Å². The molecule has 0 spiro atoms. The summed E-state index contributed by atoms with van der Waals surface area (Å²) in [5, 5.41) is 12.2. The molecule has 0 aliphatic rings. The Morgan fingerprint density at radius 3 is 2.19 bits per heavy atom. The van der Waals surface area contributed by atoms with E-state index in [-0.39, 0.29) is 11.3 Å². The molecule has 0 aliphatic heterocycles. The number of rotatable bonds is 4. The summed E-state index contributed by atoms with van der Waals surface area (Å²) in [5.74, 6) is -3.18. The van der Waals surface area contributed by atoms with Crippen LogP contribution in [0.1, 0.15) is 10.4 Å². The summed E-state index contributed by atoms with van der Waals surface area (Å²) >= 11 is 1.11. The lowest BCUT2D eigenvalue weighted by atomic mass is 10.1. The number of carboxylic acid groups (broad SMARTS) is 1. The van der Waals surface area contributed by atoms with Crippen LogP contribution in [0.25, 0.3) is 10.8 Å². The van der Waals surface area contributed by atoms with Crippen LogP contribution in [0.2, 0.25) is 0 Å². The van der Waals surface area contributed by atoms with E-state index in [0.717, 1.165) is 11.8 Å². The van der Waals surface area contributed by atoms with E-state index in [2.05, 4.69) is 0 Å². The Bertz CT molecular complexity index is 1030. The second-order valence-corrected chi connectivity index (χ2v) is 6.60. The van der Waals surface area contributed by atoms with Crippen LogP contribution < -0.4 is 5.32 Å². The number of hydrogen-bond donors (Lipinski definition) is 2. The number of amides is 1. The van der Waals surface area contributed by atoms with Crippen LogP contribution in [0.3, 0.4) is 0 Å². The average Bonchev–Trinajstić information content (AvgIpc) is 2.61. The molecule has 3 aromatic rings. The Balaban J connectivity index is 2.09. The highest BCUT2D eigenvalue weighted by Crippen LogP contribution is 2.39. The third-order valence-corrected chi connectivity index (χ3v) is 4.85. The van der Waals surface area contributed by atoms with E-state index >= 15 is 0 Å². The Morgan fingerprint density at radius 1 is 0.889 bits per heavy atom. The van der Waals surface area contributed by atoms with Crippen molar-refractivity contribution in [1.29, 1.82) is 0 Å². The van der Waals surface area contributed by atoms with Crippen LogP contribution in [0.5, 0.6) is 0 Å².